The number of alkyl halides is 3. The van der Waals surface area contributed by atoms with Gasteiger partial charge in [0.05, 0.1) is 5.56 Å². The van der Waals surface area contributed by atoms with Crippen molar-refractivity contribution < 1.29 is 27.8 Å². The molecule has 0 spiro atoms. The van der Waals surface area contributed by atoms with Gasteiger partial charge >= 0.3 is 12.3 Å². The van der Waals surface area contributed by atoms with E-state index in [1.807, 2.05) is 0 Å². The molecule has 0 radical (unpaired) electrons. The first-order valence-electron chi connectivity index (χ1n) is 6.08. The molecule has 0 aliphatic heterocycles. The first kappa shape index (κ1) is 15.6. The molecule has 0 amide bonds. The molecular formula is C14H11F3N2O3. The summed E-state index contributed by atoms with van der Waals surface area (Å²) in [5.74, 6) is -0.0980. The molecule has 2 rings (SSSR count). The number of aromatic nitrogens is 1. The molecule has 0 aliphatic rings. The molecule has 2 N–H and O–H groups in total. The normalized spacial score (nSPS) is 11.1. The molecule has 0 saturated heterocycles. The molecule has 0 saturated carbocycles. The van der Waals surface area contributed by atoms with Gasteiger partial charge in [-0.25, -0.2) is 9.78 Å². The highest BCUT2D eigenvalue weighted by Crippen LogP contribution is 2.36. The molecule has 0 bridgehead atoms. The van der Waals surface area contributed by atoms with E-state index in [4.69, 9.17) is 5.11 Å². The fourth-order valence-electron chi connectivity index (χ4n) is 1.87. The van der Waals surface area contributed by atoms with E-state index < -0.39 is 17.9 Å². The fourth-order valence-corrected chi connectivity index (χ4v) is 1.87. The number of carbonyl (C=O) groups is 1. The van der Waals surface area contributed by atoms with Crippen molar-refractivity contribution in [3.05, 3.63) is 47.7 Å². The van der Waals surface area contributed by atoms with E-state index in [1.165, 1.54) is 37.4 Å². The van der Waals surface area contributed by atoms with Crippen LogP contribution in [0.4, 0.5) is 29.5 Å². The third-order valence-electron chi connectivity index (χ3n) is 2.86. The van der Waals surface area contributed by atoms with Gasteiger partial charge in [-0.3, -0.25) is 0 Å². The van der Waals surface area contributed by atoms with Crippen LogP contribution < -0.4 is 10.1 Å². The van der Waals surface area contributed by atoms with Crippen molar-refractivity contribution >= 4 is 17.7 Å². The number of anilines is 2. The van der Waals surface area contributed by atoms with Crippen molar-refractivity contribution in [3.8, 4) is 5.75 Å². The zero-order valence-corrected chi connectivity index (χ0v) is 11.3. The van der Waals surface area contributed by atoms with E-state index in [0.717, 1.165) is 6.07 Å². The molecule has 1 aromatic heterocycles. The number of hydrogen-bond acceptors (Lipinski definition) is 4. The highest BCUT2D eigenvalue weighted by molar-refractivity contribution is 5.70. The summed E-state index contributed by atoms with van der Waals surface area (Å²) in [5.41, 5.74) is -0.653. The van der Waals surface area contributed by atoms with Crippen molar-refractivity contribution in [3.63, 3.8) is 0 Å². The van der Waals surface area contributed by atoms with Crippen LogP contribution in [-0.4, -0.2) is 16.2 Å². The number of halogens is 3. The SMILES string of the molecule is Cc1c(Nc2ncccc2OC(=O)O)cccc1C(F)(F)F. The molecule has 2 aromatic rings. The van der Waals surface area contributed by atoms with Crippen molar-refractivity contribution in [1.82, 2.24) is 4.98 Å². The standard InChI is InChI=1S/C14H11F3N2O3/c1-8-9(14(15,16)17)4-2-5-10(8)19-12-11(22-13(20)21)6-3-7-18-12/h2-7H,1H3,(H,18,19)(H,20,21). The number of nitrogens with zero attached hydrogens (tertiary/aromatic N) is 1. The van der Waals surface area contributed by atoms with Gasteiger partial charge < -0.3 is 15.2 Å². The quantitative estimate of drug-likeness (QED) is 0.831. The van der Waals surface area contributed by atoms with Crippen LogP contribution in [0.5, 0.6) is 5.75 Å². The van der Waals surface area contributed by atoms with Crippen molar-refractivity contribution in [2.75, 3.05) is 5.32 Å². The summed E-state index contributed by atoms with van der Waals surface area (Å²) in [6, 6.07) is 6.44. The molecule has 8 heteroatoms. The molecule has 0 aliphatic carbocycles. The number of rotatable bonds is 3. The zero-order chi connectivity index (χ0) is 16.3. The first-order valence-corrected chi connectivity index (χ1v) is 6.08. The molecule has 0 unspecified atom stereocenters. The average molecular weight is 312 g/mol. The predicted octanol–water partition coefficient (Wildman–Crippen LogP) is 4.21. The summed E-state index contributed by atoms with van der Waals surface area (Å²) in [6.45, 7) is 1.31. The molecule has 1 aromatic carbocycles. The number of carboxylic acid groups (broad SMARTS) is 1. The Bertz CT molecular complexity index is 702. The van der Waals surface area contributed by atoms with Gasteiger partial charge in [0.25, 0.3) is 0 Å². The Labute approximate surface area is 123 Å². The average Bonchev–Trinajstić information content (AvgIpc) is 2.41. The van der Waals surface area contributed by atoms with E-state index in [1.54, 1.807) is 0 Å². The van der Waals surface area contributed by atoms with Crippen LogP contribution in [0, 0.1) is 6.92 Å². The van der Waals surface area contributed by atoms with Crippen LogP contribution in [0.3, 0.4) is 0 Å². The van der Waals surface area contributed by atoms with Crippen LogP contribution in [-0.2, 0) is 6.18 Å². The summed E-state index contributed by atoms with van der Waals surface area (Å²) < 4.78 is 43.1. The van der Waals surface area contributed by atoms with Crippen LogP contribution in [0.15, 0.2) is 36.5 Å². The third-order valence-corrected chi connectivity index (χ3v) is 2.86. The minimum absolute atomic E-state index is 0.00678. The summed E-state index contributed by atoms with van der Waals surface area (Å²) in [6.07, 6.45) is -4.66. The molecule has 1 heterocycles. The van der Waals surface area contributed by atoms with E-state index in [0.29, 0.717) is 0 Å². The zero-order valence-electron chi connectivity index (χ0n) is 11.3. The third kappa shape index (κ3) is 3.46. The van der Waals surface area contributed by atoms with Gasteiger partial charge in [-0.2, -0.15) is 13.2 Å². The Hall–Kier alpha value is -2.77. The maximum atomic E-state index is 12.9. The van der Waals surface area contributed by atoms with Gasteiger partial charge in [0.1, 0.15) is 0 Å². The van der Waals surface area contributed by atoms with Crippen molar-refractivity contribution in [2.45, 2.75) is 13.1 Å². The molecule has 5 nitrogen and oxygen atoms in total. The lowest BCUT2D eigenvalue weighted by Gasteiger charge is -2.15. The molecule has 0 atom stereocenters. The predicted molar refractivity (Wildman–Crippen MR) is 72.4 cm³/mol. The number of benzene rings is 1. The van der Waals surface area contributed by atoms with Crippen LogP contribution >= 0.6 is 0 Å². The lowest BCUT2D eigenvalue weighted by molar-refractivity contribution is -0.138. The van der Waals surface area contributed by atoms with Gasteiger partial charge in [-0.05, 0) is 36.8 Å². The molecule has 0 fully saturated rings. The van der Waals surface area contributed by atoms with Crippen molar-refractivity contribution in [2.24, 2.45) is 0 Å². The topological polar surface area (TPSA) is 71.5 Å². The first-order chi connectivity index (χ1) is 10.3. The number of ether oxygens (including phenoxy) is 1. The van der Waals surface area contributed by atoms with Gasteiger partial charge in [0.2, 0.25) is 0 Å². The summed E-state index contributed by atoms with van der Waals surface area (Å²) in [5, 5.41) is 11.3. The largest absolute Gasteiger partial charge is 0.511 e. The summed E-state index contributed by atoms with van der Waals surface area (Å²) >= 11 is 0. The molecular weight excluding hydrogens is 301 g/mol. The maximum absolute atomic E-state index is 12.9. The van der Waals surface area contributed by atoms with Crippen molar-refractivity contribution in [1.29, 1.82) is 0 Å². The monoisotopic (exact) mass is 312 g/mol. The summed E-state index contributed by atoms with van der Waals surface area (Å²) in [4.78, 5) is 14.5. The number of pyridine rings is 1. The van der Waals surface area contributed by atoms with E-state index in [-0.39, 0.29) is 22.8 Å². The van der Waals surface area contributed by atoms with Gasteiger partial charge in [-0.1, -0.05) is 6.07 Å². The second-order valence-electron chi connectivity index (χ2n) is 4.32. The minimum Gasteiger partial charge on any atom is -0.449 e. The maximum Gasteiger partial charge on any atom is 0.511 e. The van der Waals surface area contributed by atoms with E-state index in [9.17, 15) is 18.0 Å². The van der Waals surface area contributed by atoms with E-state index in [2.05, 4.69) is 15.0 Å². The summed E-state index contributed by atoms with van der Waals surface area (Å²) in [7, 11) is 0. The van der Waals surface area contributed by atoms with Crippen LogP contribution in [0.2, 0.25) is 0 Å². The Morgan fingerprint density at radius 1 is 1.27 bits per heavy atom. The highest BCUT2D eigenvalue weighted by Gasteiger charge is 2.33. The second-order valence-corrected chi connectivity index (χ2v) is 4.32. The van der Waals surface area contributed by atoms with Gasteiger partial charge in [-0.15, -0.1) is 0 Å². The highest BCUT2D eigenvalue weighted by atomic mass is 19.4. The molecule has 22 heavy (non-hydrogen) atoms. The van der Waals surface area contributed by atoms with Gasteiger partial charge in [0, 0.05) is 11.9 Å². The number of hydrogen-bond donors (Lipinski definition) is 2. The van der Waals surface area contributed by atoms with Crippen LogP contribution in [0.1, 0.15) is 11.1 Å². The lowest BCUT2D eigenvalue weighted by atomic mass is 10.1. The fraction of sp³-hybridized carbons (Fsp3) is 0.143. The Morgan fingerprint density at radius 2 is 2.00 bits per heavy atom. The number of nitrogens with one attached hydrogen (secondary N) is 1. The Balaban J connectivity index is 2.38. The van der Waals surface area contributed by atoms with E-state index >= 15 is 0 Å². The molecule has 116 valence electrons. The Kier molecular flexibility index (Phi) is 4.20. The van der Waals surface area contributed by atoms with Crippen LogP contribution in [0.25, 0.3) is 0 Å². The smallest absolute Gasteiger partial charge is 0.449 e. The van der Waals surface area contributed by atoms with Gasteiger partial charge in [0.15, 0.2) is 11.6 Å². The second kappa shape index (κ2) is 5.92. The minimum atomic E-state index is -4.48. The Morgan fingerprint density at radius 3 is 2.64 bits per heavy atom. The lowest BCUT2D eigenvalue weighted by Crippen LogP contribution is -2.10.